The molecule has 0 fully saturated rings. The van der Waals surface area contributed by atoms with Gasteiger partial charge in [-0.15, -0.1) is 0 Å². The number of benzene rings is 1. The van der Waals surface area contributed by atoms with Gasteiger partial charge in [-0.1, -0.05) is 17.7 Å². The van der Waals surface area contributed by atoms with Crippen molar-refractivity contribution in [1.29, 1.82) is 0 Å². The van der Waals surface area contributed by atoms with Crippen LogP contribution in [0.1, 0.15) is 18.4 Å². The van der Waals surface area contributed by atoms with Crippen LogP contribution in [0, 0.1) is 0 Å². The zero-order valence-corrected chi connectivity index (χ0v) is 13.3. The minimum absolute atomic E-state index is 0.0780. The van der Waals surface area contributed by atoms with Crippen LogP contribution in [-0.4, -0.2) is 39.8 Å². The number of amides is 1. The Morgan fingerprint density at radius 2 is 2.09 bits per heavy atom. The lowest BCUT2D eigenvalue weighted by Crippen LogP contribution is -2.29. The highest BCUT2D eigenvalue weighted by molar-refractivity contribution is 5.76. The Hall–Kier alpha value is -2.01. The van der Waals surface area contributed by atoms with E-state index >= 15 is 0 Å². The summed E-state index contributed by atoms with van der Waals surface area (Å²) in [7, 11) is 3.22. The fourth-order valence-corrected chi connectivity index (χ4v) is 2.42. The molecular weight excluding hydrogens is 280 g/mol. The Morgan fingerprint density at radius 1 is 1.27 bits per heavy atom. The Morgan fingerprint density at radius 3 is 2.77 bits per heavy atom. The van der Waals surface area contributed by atoms with Crippen LogP contribution in [0.2, 0.25) is 0 Å². The number of hydrogen-bond acceptors (Lipinski definition) is 4. The smallest absolute Gasteiger partial charge is 0.220 e. The summed E-state index contributed by atoms with van der Waals surface area (Å²) in [5.41, 5.74) is 2.37. The molecule has 5 nitrogen and oxygen atoms in total. The van der Waals surface area contributed by atoms with Crippen molar-refractivity contribution in [2.75, 3.05) is 33.9 Å². The molecular formula is C17H24N2O3. The molecule has 1 aliphatic heterocycles. The summed E-state index contributed by atoms with van der Waals surface area (Å²) in [6, 6.07) is 5.75. The largest absolute Gasteiger partial charge is 0.493 e. The first-order chi connectivity index (χ1) is 10.7. The van der Waals surface area contributed by atoms with E-state index in [0.717, 1.165) is 25.1 Å². The molecule has 0 radical (unpaired) electrons. The molecule has 0 saturated carbocycles. The normalized spacial score (nSPS) is 14.2. The average Bonchev–Trinajstić information content (AvgIpc) is 2.58. The average molecular weight is 304 g/mol. The van der Waals surface area contributed by atoms with Gasteiger partial charge < -0.3 is 20.1 Å². The zero-order valence-electron chi connectivity index (χ0n) is 13.3. The second-order valence-corrected chi connectivity index (χ2v) is 5.28. The maximum Gasteiger partial charge on any atom is 0.220 e. The summed E-state index contributed by atoms with van der Waals surface area (Å²) < 4.78 is 10.5. The molecule has 2 N–H and O–H groups in total. The van der Waals surface area contributed by atoms with Crippen molar-refractivity contribution in [1.82, 2.24) is 10.6 Å². The number of nitrogens with one attached hydrogen (secondary N) is 2. The molecule has 2 rings (SSSR count). The van der Waals surface area contributed by atoms with Crippen LogP contribution in [0.4, 0.5) is 0 Å². The van der Waals surface area contributed by atoms with E-state index in [4.69, 9.17) is 9.47 Å². The van der Waals surface area contributed by atoms with Gasteiger partial charge in [0.1, 0.15) is 0 Å². The van der Waals surface area contributed by atoms with Crippen molar-refractivity contribution in [2.45, 2.75) is 19.3 Å². The Bertz CT molecular complexity index is 541. The van der Waals surface area contributed by atoms with Gasteiger partial charge in [-0.05, 0) is 37.1 Å². The molecule has 0 aromatic heterocycles. The van der Waals surface area contributed by atoms with E-state index < -0.39 is 0 Å². The van der Waals surface area contributed by atoms with Crippen LogP contribution in [0.5, 0.6) is 11.5 Å². The van der Waals surface area contributed by atoms with Gasteiger partial charge in [-0.2, -0.15) is 0 Å². The Balaban J connectivity index is 1.79. The third-order valence-electron chi connectivity index (χ3n) is 3.76. The van der Waals surface area contributed by atoms with E-state index in [2.05, 4.69) is 16.7 Å². The molecule has 0 spiro atoms. The predicted octanol–water partition coefficient (Wildman–Crippen LogP) is 1.67. The molecule has 0 saturated heterocycles. The maximum atomic E-state index is 11.9. The summed E-state index contributed by atoms with van der Waals surface area (Å²) in [6.07, 6.45) is 4.32. The van der Waals surface area contributed by atoms with Gasteiger partial charge in [0, 0.05) is 19.5 Å². The van der Waals surface area contributed by atoms with E-state index in [1.807, 2.05) is 18.2 Å². The zero-order chi connectivity index (χ0) is 15.8. The summed E-state index contributed by atoms with van der Waals surface area (Å²) in [6.45, 7) is 2.55. The topological polar surface area (TPSA) is 59.6 Å². The number of carbonyl (C=O) groups is 1. The fraction of sp³-hybridized carbons (Fsp3) is 0.471. The second-order valence-electron chi connectivity index (χ2n) is 5.28. The first-order valence-electron chi connectivity index (χ1n) is 7.59. The fourth-order valence-electron chi connectivity index (χ4n) is 2.42. The minimum atomic E-state index is 0.0780. The molecule has 0 atom stereocenters. The monoisotopic (exact) mass is 304 g/mol. The van der Waals surface area contributed by atoms with E-state index in [1.165, 1.54) is 5.57 Å². The van der Waals surface area contributed by atoms with Gasteiger partial charge >= 0.3 is 0 Å². The lowest BCUT2D eigenvalue weighted by atomic mass is 10.1. The van der Waals surface area contributed by atoms with Gasteiger partial charge in [0.05, 0.1) is 14.2 Å². The van der Waals surface area contributed by atoms with Crippen molar-refractivity contribution >= 4 is 5.91 Å². The van der Waals surface area contributed by atoms with Gasteiger partial charge in [0.25, 0.3) is 0 Å². The van der Waals surface area contributed by atoms with E-state index in [1.54, 1.807) is 14.2 Å². The lowest BCUT2D eigenvalue weighted by Gasteiger charge is -2.14. The standard InChI is InChI=1S/C17H24N2O3/c1-21-15-5-3-13(11-16(15)22-2)4-6-17(20)19-12-14-7-9-18-10-8-14/h3,5,7,11,18H,4,6,8-10,12H2,1-2H3,(H,19,20). The third-order valence-corrected chi connectivity index (χ3v) is 3.76. The number of aryl methyl sites for hydroxylation is 1. The van der Waals surface area contributed by atoms with Gasteiger partial charge in [-0.3, -0.25) is 4.79 Å². The molecule has 1 aromatic rings. The quantitative estimate of drug-likeness (QED) is 0.752. The number of hydrogen-bond donors (Lipinski definition) is 2. The summed E-state index contributed by atoms with van der Waals surface area (Å²) in [5.74, 6) is 1.48. The molecule has 1 aromatic carbocycles. The van der Waals surface area contributed by atoms with Gasteiger partial charge in [-0.25, -0.2) is 0 Å². The minimum Gasteiger partial charge on any atom is -0.493 e. The summed E-state index contributed by atoms with van der Waals surface area (Å²) in [5, 5.41) is 6.24. The number of rotatable bonds is 7. The summed E-state index contributed by atoms with van der Waals surface area (Å²) >= 11 is 0. The maximum absolute atomic E-state index is 11.9. The molecule has 0 bridgehead atoms. The molecule has 22 heavy (non-hydrogen) atoms. The second kappa shape index (κ2) is 8.44. The van der Waals surface area contributed by atoms with Crippen LogP contribution in [-0.2, 0) is 11.2 Å². The molecule has 0 unspecified atom stereocenters. The molecule has 1 heterocycles. The van der Waals surface area contributed by atoms with E-state index in [0.29, 0.717) is 30.9 Å². The molecule has 1 amide bonds. The number of carbonyl (C=O) groups excluding carboxylic acids is 1. The van der Waals surface area contributed by atoms with Gasteiger partial charge in [0.2, 0.25) is 5.91 Å². The van der Waals surface area contributed by atoms with Crippen molar-refractivity contribution in [2.24, 2.45) is 0 Å². The van der Waals surface area contributed by atoms with Crippen LogP contribution in [0.3, 0.4) is 0 Å². The highest BCUT2D eigenvalue weighted by atomic mass is 16.5. The number of methoxy groups -OCH3 is 2. The lowest BCUT2D eigenvalue weighted by molar-refractivity contribution is -0.120. The van der Waals surface area contributed by atoms with Crippen LogP contribution in [0.25, 0.3) is 0 Å². The van der Waals surface area contributed by atoms with Crippen molar-refractivity contribution in [3.63, 3.8) is 0 Å². The van der Waals surface area contributed by atoms with Crippen molar-refractivity contribution in [3.05, 3.63) is 35.4 Å². The SMILES string of the molecule is COc1ccc(CCC(=O)NCC2=CCNCC2)cc1OC. The van der Waals surface area contributed by atoms with Crippen LogP contribution < -0.4 is 20.1 Å². The Labute approximate surface area is 131 Å². The Kier molecular flexibility index (Phi) is 6.27. The molecule has 1 aliphatic rings. The number of ether oxygens (including phenoxy) is 2. The van der Waals surface area contributed by atoms with Gasteiger partial charge in [0.15, 0.2) is 11.5 Å². The van der Waals surface area contributed by atoms with Crippen LogP contribution >= 0.6 is 0 Å². The highest BCUT2D eigenvalue weighted by Crippen LogP contribution is 2.27. The molecule has 120 valence electrons. The first kappa shape index (κ1) is 16.4. The summed E-state index contributed by atoms with van der Waals surface area (Å²) in [4.78, 5) is 11.9. The van der Waals surface area contributed by atoms with E-state index in [9.17, 15) is 4.79 Å². The van der Waals surface area contributed by atoms with Crippen LogP contribution in [0.15, 0.2) is 29.8 Å². The van der Waals surface area contributed by atoms with E-state index in [-0.39, 0.29) is 5.91 Å². The third kappa shape index (κ3) is 4.77. The highest BCUT2D eigenvalue weighted by Gasteiger charge is 2.08. The van der Waals surface area contributed by atoms with Crippen molar-refractivity contribution in [3.8, 4) is 11.5 Å². The van der Waals surface area contributed by atoms with Crippen molar-refractivity contribution < 1.29 is 14.3 Å². The molecule has 5 heteroatoms. The molecule has 0 aliphatic carbocycles. The first-order valence-corrected chi connectivity index (χ1v) is 7.59. The predicted molar refractivity (Wildman–Crippen MR) is 86.4 cm³/mol.